The van der Waals surface area contributed by atoms with Crippen LogP contribution in [0.4, 0.5) is 0 Å². The van der Waals surface area contributed by atoms with Crippen LogP contribution in [0.15, 0.2) is 12.2 Å². The van der Waals surface area contributed by atoms with Gasteiger partial charge in [-0.05, 0) is 51.4 Å². The van der Waals surface area contributed by atoms with Gasteiger partial charge in [-0.15, -0.1) is 0 Å². The highest BCUT2D eigenvalue weighted by Crippen LogP contribution is 2.20. The minimum Gasteiger partial charge on any atom is -0.466 e. The minimum atomic E-state index is -0.663. The summed E-state index contributed by atoms with van der Waals surface area (Å²) in [6.45, 7) is 5.00. The summed E-state index contributed by atoms with van der Waals surface area (Å²) in [6.07, 6.45) is 88.5. The number of unbranched alkanes of at least 4 members (excludes halogenated alkanes) is 58. The molecule has 0 bridgehead atoms. The van der Waals surface area contributed by atoms with Gasteiger partial charge < -0.3 is 20.3 Å². The third kappa shape index (κ3) is 67.6. The quantitative estimate of drug-likeness (QED) is 0.0320. The summed E-state index contributed by atoms with van der Waals surface area (Å²) in [6, 6.07) is -0.540. The molecular weight excluding hydrogens is 995 g/mol. The van der Waals surface area contributed by atoms with Crippen molar-refractivity contribution in [3.8, 4) is 0 Å². The van der Waals surface area contributed by atoms with Crippen molar-refractivity contribution in [2.24, 2.45) is 0 Å². The number of esters is 1. The van der Waals surface area contributed by atoms with E-state index in [2.05, 4.69) is 31.3 Å². The van der Waals surface area contributed by atoms with Crippen molar-refractivity contribution in [3.63, 3.8) is 0 Å². The average molecular weight is 1140 g/mol. The highest BCUT2D eigenvalue weighted by atomic mass is 16.5. The molecule has 0 aromatic carbocycles. The molecule has 0 aliphatic heterocycles. The monoisotopic (exact) mass is 1140 g/mol. The second-order valence-electron chi connectivity index (χ2n) is 26.0. The number of rotatable bonds is 71. The number of hydrogen-bond donors (Lipinski definition) is 3. The molecule has 0 aromatic heterocycles. The van der Waals surface area contributed by atoms with Gasteiger partial charge in [0.15, 0.2) is 0 Å². The van der Waals surface area contributed by atoms with E-state index in [9.17, 15) is 19.8 Å². The molecule has 0 saturated carbocycles. The molecule has 1 amide bonds. The smallest absolute Gasteiger partial charge is 0.305 e. The fourth-order valence-corrected chi connectivity index (χ4v) is 12.1. The predicted octanol–water partition coefficient (Wildman–Crippen LogP) is 24.3. The zero-order valence-electron chi connectivity index (χ0n) is 55.3. The maximum Gasteiger partial charge on any atom is 0.305 e. The summed E-state index contributed by atoms with van der Waals surface area (Å²) in [5.74, 6) is -0.0154. The number of carbonyl (C=O) groups is 2. The lowest BCUT2D eigenvalue weighted by Gasteiger charge is -2.22. The van der Waals surface area contributed by atoms with Crippen LogP contribution in [-0.4, -0.2) is 47.4 Å². The summed E-state index contributed by atoms with van der Waals surface area (Å²) in [5, 5.41) is 23.5. The number of hydrogen-bond acceptors (Lipinski definition) is 5. The van der Waals surface area contributed by atoms with E-state index in [0.29, 0.717) is 25.9 Å². The van der Waals surface area contributed by atoms with Crippen molar-refractivity contribution in [2.75, 3.05) is 13.2 Å². The van der Waals surface area contributed by atoms with Crippen LogP contribution in [0.5, 0.6) is 0 Å². The van der Waals surface area contributed by atoms with Gasteiger partial charge in [-0.3, -0.25) is 9.59 Å². The van der Waals surface area contributed by atoms with Gasteiger partial charge in [0.05, 0.1) is 25.4 Å². The average Bonchev–Trinajstić information content (AvgIpc) is 3.47. The van der Waals surface area contributed by atoms with E-state index in [4.69, 9.17) is 4.74 Å². The van der Waals surface area contributed by atoms with E-state index in [-0.39, 0.29) is 18.5 Å². The van der Waals surface area contributed by atoms with E-state index in [1.54, 1.807) is 0 Å². The molecule has 0 radical (unpaired) electrons. The highest BCUT2D eigenvalue weighted by Gasteiger charge is 2.20. The number of carbonyl (C=O) groups excluding carboxylic acids is 2. The molecule has 0 rings (SSSR count). The fourth-order valence-electron chi connectivity index (χ4n) is 12.1. The Morgan fingerprint density at radius 2 is 0.580 bits per heavy atom. The molecular formula is C75H147NO5. The molecule has 0 fully saturated rings. The number of ether oxygens (including phenoxy) is 1. The molecule has 0 spiro atoms. The molecule has 6 nitrogen and oxygen atoms in total. The first-order chi connectivity index (χ1) is 40.0. The van der Waals surface area contributed by atoms with Gasteiger partial charge in [0.25, 0.3) is 0 Å². The van der Waals surface area contributed by atoms with Crippen LogP contribution in [-0.2, 0) is 14.3 Å². The van der Waals surface area contributed by atoms with Crippen molar-refractivity contribution in [1.29, 1.82) is 0 Å². The Morgan fingerprint density at radius 1 is 0.333 bits per heavy atom. The molecule has 482 valence electrons. The van der Waals surface area contributed by atoms with Gasteiger partial charge in [-0.1, -0.05) is 379 Å². The zero-order valence-corrected chi connectivity index (χ0v) is 55.3. The normalized spacial score (nSPS) is 12.5. The highest BCUT2D eigenvalue weighted by molar-refractivity contribution is 5.76. The van der Waals surface area contributed by atoms with E-state index in [1.807, 2.05) is 0 Å². The van der Waals surface area contributed by atoms with E-state index in [0.717, 1.165) is 44.9 Å². The summed E-state index contributed by atoms with van der Waals surface area (Å²) in [5.41, 5.74) is 0. The first kappa shape index (κ1) is 79.6. The number of amides is 1. The SMILES string of the molecule is CCCCCCCC/C=C\CCCCCCCC(=O)OCCCCCCCCCCCCCCCCCCCCCCCCCCCCCC(=O)NC(CO)C(O)CCCCCCCCCCCCCCCCCCCCCCCC. The Bertz CT molecular complexity index is 1220. The lowest BCUT2D eigenvalue weighted by molar-refractivity contribution is -0.143. The molecule has 0 heterocycles. The number of aliphatic hydroxyl groups excluding tert-OH is 2. The van der Waals surface area contributed by atoms with E-state index < -0.39 is 12.1 Å². The second kappa shape index (κ2) is 71.1. The summed E-state index contributed by atoms with van der Waals surface area (Å²) in [4.78, 5) is 24.6. The van der Waals surface area contributed by atoms with Gasteiger partial charge in [-0.25, -0.2) is 0 Å². The molecule has 2 unspecified atom stereocenters. The molecule has 0 saturated heterocycles. The Kier molecular flexibility index (Phi) is 69.9. The van der Waals surface area contributed by atoms with Crippen molar-refractivity contribution >= 4 is 11.9 Å². The van der Waals surface area contributed by atoms with Gasteiger partial charge in [-0.2, -0.15) is 0 Å². The third-order valence-electron chi connectivity index (χ3n) is 17.8. The van der Waals surface area contributed by atoms with Gasteiger partial charge in [0, 0.05) is 12.8 Å². The fraction of sp³-hybridized carbons (Fsp3) is 0.947. The zero-order chi connectivity index (χ0) is 58.5. The Labute approximate surface area is 508 Å². The van der Waals surface area contributed by atoms with Crippen molar-refractivity contribution in [1.82, 2.24) is 5.32 Å². The standard InChI is InChI=1S/C75H147NO5/c1-3-5-7-9-11-13-15-17-19-20-21-22-30-33-36-40-43-47-51-55-59-63-67-73(78)72(71-77)76-74(79)68-64-60-56-52-48-44-41-37-34-31-28-26-24-23-25-27-29-32-35-38-42-46-50-54-58-62-66-70-81-75(80)69-65-61-57-53-49-45-39-18-16-14-12-10-8-6-4-2/h18,39,72-73,77-78H,3-17,19-38,40-71H2,1-2H3,(H,76,79)/b39-18-. The summed E-state index contributed by atoms with van der Waals surface area (Å²) in [7, 11) is 0. The van der Waals surface area contributed by atoms with Gasteiger partial charge in [0.1, 0.15) is 0 Å². The van der Waals surface area contributed by atoms with Crippen LogP contribution in [0.1, 0.15) is 431 Å². The molecule has 6 heteroatoms. The molecule has 0 aliphatic carbocycles. The number of aliphatic hydroxyl groups is 2. The Morgan fingerprint density at radius 3 is 0.877 bits per heavy atom. The summed E-state index contributed by atoms with van der Waals surface area (Å²) >= 11 is 0. The lowest BCUT2D eigenvalue weighted by atomic mass is 10.0. The molecule has 81 heavy (non-hydrogen) atoms. The number of allylic oxidation sites excluding steroid dienone is 2. The first-order valence-electron chi connectivity index (χ1n) is 37.4. The molecule has 2 atom stereocenters. The van der Waals surface area contributed by atoms with Crippen LogP contribution in [0, 0.1) is 0 Å². The maximum absolute atomic E-state index is 12.6. The van der Waals surface area contributed by atoms with Crippen LogP contribution < -0.4 is 5.32 Å². The molecule has 0 aromatic rings. The van der Waals surface area contributed by atoms with Crippen molar-refractivity contribution in [3.05, 3.63) is 12.2 Å². The lowest BCUT2D eigenvalue weighted by Crippen LogP contribution is -2.45. The predicted molar refractivity (Wildman–Crippen MR) is 357 cm³/mol. The van der Waals surface area contributed by atoms with E-state index in [1.165, 1.54) is 353 Å². The third-order valence-corrected chi connectivity index (χ3v) is 17.8. The maximum atomic E-state index is 12.6. The van der Waals surface area contributed by atoms with E-state index >= 15 is 0 Å². The second-order valence-corrected chi connectivity index (χ2v) is 26.0. The summed E-state index contributed by atoms with van der Waals surface area (Å²) < 4.78 is 5.50. The largest absolute Gasteiger partial charge is 0.466 e. The first-order valence-corrected chi connectivity index (χ1v) is 37.4. The Balaban J connectivity index is 3.35. The van der Waals surface area contributed by atoms with Crippen LogP contribution in [0.2, 0.25) is 0 Å². The van der Waals surface area contributed by atoms with Crippen LogP contribution >= 0.6 is 0 Å². The number of nitrogens with one attached hydrogen (secondary N) is 1. The van der Waals surface area contributed by atoms with Crippen LogP contribution in [0.25, 0.3) is 0 Å². The van der Waals surface area contributed by atoms with Crippen molar-refractivity contribution < 1.29 is 24.5 Å². The topological polar surface area (TPSA) is 95.9 Å². The Hall–Kier alpha value is -1.40. The molecule has 0 aliphatic rings. The van der Waals surface area contributed by atoms with Gasteiger partial charge in [0.2, 0.25) is 5.91 Å². The van der Waals surface area contributed by atoms with Gasteiger partial charge >= 0.3 is 5.97 Å². The minimum absolute atomic E-state index is 0.0114. The van der Waals surface area contributed by atoms with Crippen molar-refractivity contribution in [2.45, 2.75) is 443 Å². The van der Waals surface area contributed by atoms with Crippen LogP contribution in [0.3, 0.4) is 0 Å². The molecule has 3 N–H and O–H groups in total.